The van der Waals surface area contributed by atoms with Crippen molar-refractivity contribution in [3.05, 3.63) is 39.7 Å². The fourth-order valence-electron chi connectivity index (χ4n) is 1.15. The zero-order valence-corrected chi connectivity index (χ0v) is 7.21. The molecule has 0 saturated carbocycles. The predicted octanol–water partition coefficient (Wildman–Crippen LogP) is 2.15. The molecule has 0 saturated heterocycles. The summed E-state index contributed by atoms with van der Waals surface area (Å²) >= 11 is 5.70. The minimum absolute atomic E-state index is 0.398. The summed E-state index contributed by atoms with van der Waals surface area (Å²) < 4.78 is 4.49. The highest BCUT2D eigenvalue weighted by atomic mass is 35.5. The Hall–Kier alpha value is -1.48. The Balaban J connectivity index is 2.95. The SMILES string of the molecule is O=c1cc2ccc(Cl)cc2c(O)o1. The van der Waals surface area contributed by atoms with Gasteiger partial charge in [-0.3, -0.25) is 0 Å². The highest BCUT2D eigenvalue weighted by Gasteiger charge is 2.03. The average molecular weight is 197 g/mol. The van der Waals surface area contributed by atoms with Crippen molar-refractivity contribution in [1.82, 2.24) is 0 Å². The lowest BCUT2D eigenvalue weighted by atomic mass is 10.2. The summed E-state index contributed by atoms with van der Waals surface area (Å²) in [4.78, 5) is 10.8. The fraction of sp³-hybridized carbons (Fsp3) is 0. The lowest BCUT2D eigenvalue weighted by molar-refractivity contribution is 0.317. The monoisotopic (exact) mass is 196 g/mol. The number of aromatic hydroxyl groups is 1. The zero-order chi connectivity index (χ0) is 9.42. The van der Waals surface area contributed by atoms with Crippen LogP contribution in [0.3, 0.4) is 0 Å². The molecular weight excluding hydrogens is 192 g/mol. The van der Waals surface area contributed by atoms with Gasteiger partial charge in [-0.2, -0.15) is 0 Å². The maximum atomic E-state index is 10.8. The molecule has 0 aliphatic rings. The average Bonchev–Trinajstić information content (AvgIpc) is 2.06. The Labute approximate surface area is 78.2 Å². The molecule has 0 unspecified atom stereocenters. The van der Waals surface area contributed by atoms with Gasteiger partial charge in [0.25, 0.3) is 5.95 Å². The first-order valence-electron chi connectivity index (χ1n) is 3.59. The van der Waals surface area contributed by atoms with Crippen LogP contribution in [-0.4, -0.2) is 5.11 Å². The number of rotatable bonds is 0. The molecule has 0 amide bonds. The number of hydrogen-bond acceptors (Lipinski definition) is 3. The van der Waals surface area contributed by atoms with E-state index in [1.54, 1.807) is 12.1 Å². The van der Waals surface area contributed by atoms with E-state index in [-0.39, 0.29) is 0 Å². The summed E-state index contributed by atoms with van der Waals surface area (Å²) in [7, 11) is 0. The molecule has 0 radical (unpaired) electrons. The summed E-state index contributed by atoms with van der Waals surface area (Å²) in [6, 6.07) is 6.12. The van der Waals surface area contributed by atoms with Crippen molar-refractivity contribution in [2.45, 2.75) is 0 Å². The van der Waals surface area contributed by atoms with Crippen LogP contribution in [0.1, 0.15) is 0 Å². The summed E-state index contributed by atoms with van der Waals surface area (Å²) in [5.74, 6) is -0.398. The highest BCUT2D eigenvalue weighted by Crippen LogP contribution is 2.25. The van der Waals surface area contributed by atoms with Gasteiger partial charge in [-0.15, -0.1) is 0 Å². The second kappa shape index (κ2) is 2.78. The normalized spacial score (nSPS) is 10.5. The first-order valence-corrected chi connectivity index (χ1v) is 3.97. The van der Waals surface area contributed by atoms with E-state index in [9.17, 15) is 9.90 Å². The topological polar surface area (TPSA) is 50.4 Å². The first kappa shape index (κ1) is 8.13. The van der Waals surface area contributed by atoms with Gasteiger partial charge in [0, 0.05) is 11.1 Å². The first-order chi connectivity index (χ1) is 6.16. The highest BCUT2D eigenvalue weighted by molar-refractivity contribution is 6.31. The fourth-order valence-corrected chi connectivity index (χ4v) is 1.32. The van der Waals surface area contributed by atoms with E-state index in [1.165, 1.54) is 12.1 Å². The van der Waals surface area contributed by atoms with E-state index in [4.69, 9.17) is 11.6 Å². The van der Waals surface area contributed by atoms with Crippen molar-refractivity contribution in [3.8, 4) is 5.95 Å². The molecule has 2 rings (SSSR count). The van der Waals surface area contributed by atoms with Crippen LogP contribution in [0.25, 0.3) is 10.8 Å². The second-order valence-electron chi connectivity index (χ2n) is 2.60. The Kier molecular flexibility index (Phi) is 1.74. The van der Waals surface area contributed by atoms with E-state index in [0.717, 1.165) is 0 Å². The van der Waals surface area contributed by atoms with Crippen molar-refractivity contribution >= 4 is 22.4 Å². The second-order valence-corrected chi connectivity index (χ2v) is 3.04. The third-order valence-corrected chi connectivity index (χ3v) is 1.95. The standard InChI is InChI=1S/C9H5ClO3/c10-6-2-1-5-3-8(11)13-9(12)7(5)4-6/h1-4,12H. The van der Waals surface area contributed by atoms with Gasteiger partial charge in [0.1, 0.15) is 0 Å². The molecule has 1 heterocycles. The molecule has 0 aliphatic carbocycles. The smallest absolute Gasteiger partial charge is 0.339 e. The van der Waals surface area contributed by atoms with Crippen LogP contribution in [-0.2, 0) is 0 Å². The molecule has 0 fully saturated rings. The van der Waals surface area contributed by atoms with E-state index >= 15 is 0 Å². The molecule has 0 aliphatic heterocycles. The van der Waals surface area contributed by atoms with Crippen LogP contribution in [0.4, 0.5) is 0 Å². The third kappa shape index (κ3) is 1.38. The molecule has 0 spiro atoms. The molecule has 13 heavy (non-hydrogen) atoms. The maximum Gasteiger partial charge on any atom is 0.339 e. The van der Waals surface area contributed by atoms with Crippen molar-refractivity contribution in [2.75, 3.05) is 0 Å². The van der Waals surface area contributed by atoms with Crippen LogP contribution in [0.5, 0.6) is 5.95 Å². The summed E-state index contributed by atoms with van der Waals surface area (Å²) in [5.41, 5.74) is -0.577. The quantitative estimate of drug-likeness (QED) is 0.703. The summed E-state index contributed by atoms with van der Waals surface area (Å²) in [5, 5.41) is 10.8. The minimum Gasteiger partial charge on any atom is -0.480 e. The zero-order valence-electron chi connectivity index (χ0n) is 6.45. The van der Waals surface area contributed by atoms with Crippen LogP contribution in [0, 0.1) is 0 Å². The Morgan fingerprint density at radius 1 is 1.31 bits per heavy atom. The third-order valence-electron chi connectivity index (χ3n) is 1.72. The van der Waals surface area contributed by atoms with Gasteiger partial charge >= 0.3 is 5.63 Å². The molecular formula is C9H5ClO3. The molecule has 2 aromatic rings. The number of hydrogen-bond donors (Lipinski definition) is 1. The number of fused-ring (bicyclic) bond motifs is 1. The van der Waals surface area contributed by atoms with Gasteiger partial charge in [0.2, 0.25) is 0 Å². The molecule has 0 bridgehead atoms. The number of benzene rings is 1. The molecule has 66 valence electrons. The largest absolute Gasteiger partial charge is 0.480 e. The van der Waals surface area contributed by atoms with Crippen molar-refractivity contribution in [1.29, 1.82) is 0 Å². The van der Waals surface area contributed by atoms with Gasteiger partial charge in [0.05, 0.1) is 5.39 Å². The van der Waals surface area contributed by atoms with Crippen molar-refractivity contribution < 1.29 is 9.52 Å². The molecule has 1 aromatic heterocycles. The van der Waals surface area contributed by atoms with Crippen molar-refractivity contribution in [2.24, 2.45) is 0 Å². The van der Waals surface area contributed by atoms with Gasteiger partial charge in [0.15, 0.2) is 0 Å². The lowest BCUT2D eigenvalue weighted by Crippen LogP contribution is -1.94. The van der Waals surface area contributed by atoms with Crippen molar-refractivity contribution in [3.63, 3.8) is 0 Å². The molecule has 0 atom stereocenters. The maximum absolute atomic E-state index is 10.8. The molecule has 1 aromatic carbocycles. The number of halogens is 1. The molecule has 3 nitrogen and oxygen atoms in total. The minimum atomic E-state index is -0.577. The van der Waals surface area contributed by atoms with E-state index in [2.05, 4.69) is 4.42 Å². The van der Waals surface area contributed by atoms with Crippen LogP contribution in [0.2, 0.25) is 5.02 Å². The Bertz CT molecular complexity index is 516. The van der Waals surface area contributed by atoms with Crippen LogP contribution in [0.15, 0.2) is 33.5 Å². The molecule has 4 heteroatoms. The van der Waals surface area contributed by atoms with Gasteiger partial charge in [-0.1, -0.05) is 17.7 Å². The summed E-state index contributed by atoms with van der Waals surface area (Å²) in [6.45, 7) is 0. The van der Waals surface area contributed by atoms with E-state index in [0.29, 0.717) is 15.8 Å². The van der Waals surface area contributed by atoms with Gasteiger partial charge in [-0.05, 0) is 17.5 Å². The lowest BCUT2D eigenvalue weighted by Gasteiger charge is -1.98. The Morgan fingerprint density at radius 2 is 2.08 bits per heavy atom. The van der Waals surface area contributed by atoms with E-state index in [1.807, 2.05) is 0 Å². The summed E-state index contributed by atoms with van der Waals surface area (Å²) in [6.07, 6.45) is 0. The molecule has 1 N–H and O–H groups in total. The Morgan fingerprint density at radius 3 is 2.85 bits per heavy atom. The van der Waals surface area contributed by atoms with Crippen LogP contribution < -0.4 is 5.63 Å². The van der Waals surface area contributed by atoms with Crippen LogP contribution >= 0.6 is 11.6 Å². The van der Waals surface area contributed by atoms with E-state index < -0.39 is 11.6 Å². The predicted molar refractivity (Wildman–Crippen MR) is 49.2 cm³/mol. The van der Waals surface area contributed by atoms with Gasteiger partial charge < -0.3 is 9.52 Å². The van der Waals surface area contributed by atoms with Gasteiger partial charge in [-0.25, -0.2) is 4.79 Å².